The van der Waals surface area contributed by atoms with Crippen molar-refractivity contribution >= 4 is 11.3 Å². The van der Waals surface area contributed by atoms with Crippen molar-refractivity contribution in [2.24, 2.45) is 5.73 Å². The Labute approximate surface area is 140 Å². The van der Waals surface area contributed by atoms with E-state index in [-0.39, 0.29) is 0 Å². The second-order valence-corrected chi connectivity index (χ2v) is 5.21. The molecule has 0 saturated heterocycles. The number of nitrogens with zero attached hydrogens (tertiary/aromatic N) is 4. The molecule has 6 nitrogen and oxygen atoms in total. The van der Waals surface area contributed by atoms with Crippen LogP contribution in [0.4, 0.5) is 0 Å². The summed E-state index contributed by atoms with van der Waals surface area (Å²) in [5.74, 6) is 0.936. The second-order valence-electron chi connectivity index (χ2n) is 5.21. The largest absolute Gasteiger partial charge is 0.398 e. The van der Waals surface area contributed by atoms with E-state index in [1.165, 1.54) is 0 Å². The monoisotopic (exact) mass is 319 g/mol. The molecule has 0 aliphatic carbocycles. The van der Waals surface area contributed by atoms with Gasteiger partial charge in [0, 0.05) is 35.6 Å². The first-order valence-corrected chi connectivity index (χ1v) is 7.31. The van der Waals surface area contributed by atoms with Crippen LogP contribution in [0.15, 0.2) is 78.0 Å². The molecule has 0 bridgehead atoms. The number of hydrogen-bond acceptors (Lipinski definition) is 6. The Morgan fingerprint density at radius 1 is 1.38 bits per heavy atom. The highest BCUT2D eigenvalue weighted by Gasteiger charge is 2.23. The Kier molecular flexibility index (Phi) is 4.11. The van der Waals surface area contributed by atoms with Gasteiger partial charge in [-0.2, -0.15) is 4.98 Å². The van der Waals surface area contributed by atoms with Crippen LogP contribution >= 0.6 is 0 Å². The highest BCUT2D eigenvalue weighted by molar-refractivity contribution is 5.86. The Hall–Kier alpha value is -3.41. The number of pyridine rings is 1. The first-order valence-electron chi connectivity index (χ1n) is 7.31. The molecule has 6 heteroatoms. The molecule has 0 saturated carbocycles. The molecule has 0 amide bonds. The van der Waals surface area contributed by atoms with Crippen molar-refractivity contribution in [3.8, 4) is 0 Å². The molecule has 1 aliphatic rings. The molecule has 2 aromatic heterocycles. The van der Waals surface area contributed by atoms with E-state index in [1.54, 1.807) is 36.5 Å². The highest BCUT2D eigenvalue weighted by Crippen LogP contribution is 2.33. The predicted molar refractivity (Wildman–Crippen MR) is 92.7 cm³/mol. The molecule has 2 aromatic rings. The zero-order valence-corrected chi connectivity index (χ0v) is 13.3. The fourth-order valence-corrected chi connectivity index (χ4v) is 2.28. The molecule has 24 heavy (non-hydrogen) atoms. The predicted octanol–water partition coefficient (Wildman–Crippen LogP) is 3.01. The van der Waals surface area contributed by atoms with Crippen molar-refractivity contribution in [2.45, 2.75) is 6.92 Å². The van der Waals surface area contributed by atoms with Crippen LogP contribution in [0.2, 0.25) is 0 Å². The molecule has 3 heterocycles. The minimum Gasteiger partial charge on any atom is -0.398 e. The molecule has 0 unspecified atom stereocenters. The van der Waals surface area contributed by atoms with E-state index >= 15 is 0 Å². The maximum Gasteiger partial charge on any atom is 0.274 e. The molecule has 3 rings (SSSR count). The lowest BCUT2D eigenvalue weighted by Crippen LogP contribution is -2.19. The third kappa shape index (κ3) is 3.03. The molecule has 2 N–H and O–H groups in total. The van der Waals surface area contributed by atoms with Gasteiger partial charge in [-0.3, -0.25) is 4.98 Å². The molecule has 0 radical (unpaired) electrons. The maximum atomic E-state index is 5.89. The Bertz CT molecular complexity index is 874. The third-order valence-electron chi connectivity index (χ3n) is 3.44. The van der Waals surface area contributed by atoms with E-state index in [2.05, 4.69) is 28.3 Å². The van der Waals surface area contributed by atoms with Crippen molar-refractivity contribution in [3.05, 3.63) is 90.8 Å². The van der Waals surface area contributed by atoms with Gasteiger partial charge in [-0.05, 0) is 36.8 Å². The summed E-state index contributed by atoms with van der Waals surface area (Å²) in [5.41, 5.74) is 9.70. The number of allylic oxidation sites excluding steroid dienone is 4. The summed E-state index contributed by atoms with van der Waals surface area (Å²) in [6.07, 6.45) is 10.7. The quantitative estimate of drug-likeness (QED) is 0.873. The molecule has 120 valence electrons. The van der Waals surface area contributed by atoms with E-state index in [0.29, 0.717) is 28.8 Å². The summed E-state index contributed by atoms with van der Waals surface area (Å²) in [6.45, 7) is 9.54. The Balaban J connectivity index is 2.11. The number of aryl methyl sites for hydroxylation is 1. The number of rotatable bonds is 4. The van der Waals surface area contributed by atoms with Gasteiger partial charge in [-0.25, -0.2) is 0 Å². The lowest BCUT2D eigenvalue weighted by Gasteiger charge is -2.26. The SMILES string of the molecule is C=C/C(N)=C\N1C(=C)C=C(c2cccnc2)C=C1c1nc(C)no1. The Morgan fingerprint density at radius 2 is 2.21 bits per heavy atom. The van der Waals surface area contributed by atoms with Gasteiger partial charge in [0.1, 0.15) is 5.70 Å². The fourth-order valence-electron chi connectivity index (χ4n) is 2.28. The molecule has 0 fully saturated rings. The van der Waals surface area contributed by atoms with Gasteiger partial charge < -0.3 is 15.2 Å². The summed E-state index contributed by atoms with van der Waals surface area (Å²) in [5, 5.41) is 3.86. The smallest absolute Gasteiger partial charge is 0.274 e. The highest BCUT2D eigenvalue weighted by atomic mass is 16.5. The minimum absolute atomic E-state index is 0.385. The van der Waals surface area contributed by atoms with E-state index in [1.807, 2.05) is 24.3 Å². The summed E-state index contributed by atoms with van der Waals surface area (Å²) in [6, 6.07) is 3.86. The van der Waals surface area contributed by atoms with E-state index < -0.39 is 0 Å². The molecular weight excluding hydrogens is 302 g/mol. The van der Waals surface area contributed by atoms with Gasteiger partial charge in [-0.1, -0.05) is 24.4 Å². The average Bonchev–Trinajstić information content (AvgIpc) is 3.03. The second kappa shape index (κ2) is 6.37. The zero-order chi connectivity index (χ0) is 17.1. The van der Waals surface area contributed by atoms with E-state index in [9.17, 15) is 0 Å². The standard InChI is InChI=1S/C18H17N5O/c1-4-16(19)11-23-12(2)8-15(14-6-5-7-20-10-14)9-17(23)18-21-13(3)22-24-18/h4-11H,1-2,19H2,3H3/b16-11+. The van der Waals surface area contributed by atoms with E-state index in [0.717, 1.165) is 11.1 Å². The van der Waals surface area contributed by atoms with Crippen molar-refractivity contribution < 1.29 is 4.52 Å². The first kappa shape index (κ1) is 15.5. The Morgan fingerprint density at radius 3 is 2.83 bits per heavy atom. The molecular formula is C18H17N5O. The topological polar surface area (TPSA) is 81.1 Å². The van der Waals surface area contributed by atoms with E-state index in [4.69, 9.17) is 10.3 Å². The molecule has 0 atom stereocenters. The molecule has 0 aromatic carbocycles. The fraction of sp³-hybridized carbons (Fsp3) is 0.0556. The lowest BCUT2D eigenvalue weighted by molar-refractivity contribution is 0.393. The summed E-state index contributed by atoms with van der Waals surface area (Å²) in [4.78, 5) is 10.3. The van der Waals surface area contributed by atoms with Gasteiger partial charge >= 0.3 is 0 Å². The van der Waals surface area contributed by atoms with Crippen molar-refractivity contribution in [3.63, 3.8) is 0 Å². The van der Waals surface area contributed by atoms with Gasteiger partial charge in [0.2, 0.25) is 0 Å². The van der Waals surface area contributed by atoms with Crippen LogP contribution in [0, 0.1) is 6.92 Å². The maximum absolute atomic E-state index is 5.89. The normalized spacial score (nSPS) is 15.1. The molecule has 1 aliphatic heterocycles. The summed E-state index contributed by atoms with van der Waals surface area (Å²) in [7, 11) is 0. The van der Waals surface area contributed by atoms with Crippen molar-refractivity contribution in [1.82, 2.24) is 20.0 Å². The number of hydrogen-bond donors (Lipinski definition) is 1. The summed E-state index contributed by atoms with van der Waals surface area (Å²) >= 11 is 0. The van der Waals surface area contributed by atoms with Crippen LogP contribution in [0.1, 0.15) is 17.3 Å². The van der Waals surface area contributed by atoms with Gasteiger partial charge in [-0.15, -0.1) is 0 Å². The van der Waals surface area contributed by atoms with Crippen LogP contribution < -0.4 is 5.73 Å². The van der Waals surface area contributed by atoms with Gasteiger partial charge in [0.05, 0.1) is 0 Å². The van der Waals surface area contributed by atoms with Crippen molar-refractivity contribution in [1.29, 1.82) is 0 Å². The van der Waals surface area contributed by atoms with Gasteiger partial charge in [0.25, 0.3) is 5.89 Å². The number of nitrogens with two attached hydrogens (primary N) is 1. The first-order chi connectivity index (χ1) is 11.6. The van der Waals surface area contributed by atoms with Gasteiger partial charge in [0.15, 0.2) is 5.82 Å². The molecule has 0 spiro atoms. The van der Waals surface area contributed by atoms with Crippen LogP contribution in [-0.4, -0.2) is 20.0 Å². The van der Waals surface area contributed by atoms with Crippen molar-refractivity contribution in [2.75, 3.05) is 0 Å². The zero-order valence-electron chi connectivity index (χ0n) is 13.3. The number of aromatic nitrogens is 3. The minimum atomic E-state index is 0.385. The van der Waals surface area contributed by atoms with Crippen LogP contribution in [-0.2, 0) is 0 Å². The summed E-state index contributed by atoms with van der Waals surface area (Å²) < 4.78 is 5.33. The third-order valence-corrected chi connectivity index (χ3v) is 3.44. The lowest BCUT2D eigenvalue weighted by atomic mass is 10.0. The van der Waals surface area contributed by atoms with Crippen LogP contribution in [0.3, 0.4) is 0 Å². The van der Waals surface area contributed by atoms with Crippen LogP contribution in [0.25, 0.3) is 11.3 Å². The van der Waals surface area contributed by atoms with Crippen LogP contribution in [0.5, 0.6) is 0 Å². The average molecular weight is 319 g/mol.